The first-order valence-corrected chi connectivity index (χ1v) is 7.33. The Morgan fingerprint density at radius 3 is 2.91 bits per heavy atom. The van der Waals surface area contributed by atoms with Gasteiger partial charge in [-0.15, -0.1) is 0 Å². The number of nitrogens with zero attached hydrogens (tertiary/aromatic N) is 2. The highest BCUT2D eigenvalue weighted by Gasteiger charge is 2.34. The second kappa shape index (κ2) is 6.15. The third-order valence-corrected chi connectivity index (χ3v) is 3.93. The Balaban J connectivity index is 1.51. The van der Waals surface area contributed by atoms with Gasteiger partial charge in [0.2, 0.25) is 0 Å². The van der Waals surface area contributed by atoms with Crippen LogP contribution in [0.1, 0.15) is 24.8 Å². The third kappa shape index (κ3) is 3.43. The average Bonchev–Trinajstić information content (AvgIpc) is 3.04. The monoisotopic (exact) mass is 301 g/mol. The van der Waals surface area contributed by atoms with Crippen LogP contribution in [0.2, 0.25) is 0 Å². The predicted octanol–water partition coefficient (Wildman–Crippen LogP) is 1.19. The van der Waals surface area contributed by atoms with Crippen LogP contribution >= 0.6 is 0 Å². The largest absolute Gasteiger partial charge is 0.388 e. The van der Waals surface area contributed by atoms with E-state index in [1.165, 1.54) is 6.33 Å². The van der Waals surface area contributed by atoms with Crippen molar-refractivity contribution in [3.63, 3.8) is 0 Å². The van der Waals surface area contributed by atoms with E-state index in [1.54, 1.807) is 0 Å². The summed E-state index contributed by atoms with van der Waals surface area (Å²) in [5.74, 6) is 0.693. The molecule has 0 spiro atoms. The second-order valence-electron chi connectivity index (χ2n) is 5.65. The van der Waals surface area contributed by atoms with Crippen molar-refractivity contribution in [1.29, 1.82) is 0 Å². The minimum absolute atomic E-state index is 0.273. The van der Waals surface area contributed by atoms with Crippen molar-refractivity contribution in [2.75, 3.05) is 6.54 Å². The Morgan fingerprint density at radius 1 is 1.36 bits per heavy atom. The molecule has 7 nitrogen and oxygen atoms in total. The van der Waals surface area contributed by atoms with Crippen molar-refractivity contribution in [3.8, 4) is 11.4 Å². The molecule has 0 aliphatic heterocycles. The van der Waals surface area contributed by atoms with Crippen LogP contribution in [0.4, 0.5) is 4.79 Å². The van der Waals surface area contributed by atoms with E-state index in [2.05, 4.69) is 25.8 Å². The molecule has 1 aliphatic rings. The summed E-state index contributed by atoms with van der Waals surface area (Å²) in [6.45, 7) is 0.711. The van der Waals surface area contributed by atoms with Gasteiger partial charge in [-0.3, -0.25) is 5.10 Å². The van der Waals surface area contributed by atoms with Gasteiger partial charge in [0.15, 0.2) is 5.82 Å². The molecule has 1 aromatic heterocycles. The molecule has 2 aromatic rings. The maximum Gasteiger partial charge on any atom is 0.315 e. The van der Waals surface area contributed by atoms with Gasteiger partial charge < -0.3 is 15.7 Å². The van der Waals surface area contributed by atoms with Gasteiger partial charge in [0.25, 0.3) is 0 Å². The van der Waals surface area contributed by atoms with Crippen LogP contribution in [0.25, 0.3) is 11.4 Å². The zero-order valence-electron chi connectivity index (χ0n) is 12.2. The fourth-order valence-electron chi connectivity index (χ4n) is 2.42. The zero-order chi connectivity index (χ0) is 15.4. The van der Waals surface area contributed by atoms with Gasteiger partial charge in [-0.05, 0) is 30.9 Å². The Hall–Kier alpha value is -2.41. The number of carbonyl (C=O) groups excluding carboxylic acids is 1. The highest BCUT2D eigenvalue weighted by molar-refractivity contribution is 5.74. The fraction of sp³-hybridized carbons (Fsp3) is 0.400. The van der Waals surface area contributed by atoms with Crippen molar-refractivity contribution in [3.05, 3.63) is 36.2 Å². The van der Waals surface area contributed by atoms with E-state index in [9.17, 15) is 9.90 Å². The highest BCUT2D eigenvalue weighted by Crippen LogP contribution is 2.30. The van der Waals surface area contributed by atoms with Gasteiger partial charge in [0, 0.05) is 18.7 Å². The summed E-state index contributed by atoms with van der Waals surface area (Å²) in [6.07, 6.45) is 3.99. The Bertz CT molecular complexity index is 637. The standard InChI is InChI=1S/C15H19N5O2/c21-14(17-9-15(22)5-2-6-15)16-8-11-3-1-4-12(7-11)13-18-10-19-20-13/h1,3-4,7,10,22H,2,5-6,8-9H2,(H2,16,17,21)(H,18,19,20). The van der Waals surface area contributed by atoms with Crippen LogP contribution in [0.3, 0.4) is 0 Å². The average molecular weight is 301 g/mol. The molecule has 0 radical (unpaired) electrons. The minimum Gasteiger partial charge on any atom is -0.388 e. The predicted molar refractivity (Wildman–Crippen MR) is 80.9 cm³/mol. The molecule has 116 valence electrons. The maximum absolute atomic E-state index is 11.8. The quantitative estimate of drug-likeness (QED) is 0.666. The smallest absolute Gasteiger partial charge is 0.315 e. The molecular formula is C15H19N5O2. The second-order valence-corrected chi connectivity index (χ2v) is 5.65. The molecule has 0 bridgehead atoms. The number of aromatic nitrogens is 3. The van der Waals surface area contributed by atoms with Crippen molar-refractivity contribution in [1.82, 2.24) is 25.8 Å². The van der Waals surface area contributed by atoms with Crippen LogP contribution in [0.15, 0.2) is 30.6 Å². The summed E-state index contributed by atoms with van der Waals surface area (Å²) < 4.78 is 0. The van der Waals surface area contributed by atoms with Gasteiger partial charge in [-0.1, -0.05) is 18.2 Å². The molecule has 1 aliphatic carbocycles. The molecule has 1 heterocycles. The highest BCUT2D eigenvalue weighted by atomic mass is 16.3. The lowest BCUT2D eigenvalue weighted by atomic mass is 9.80. The summed E-state index contributed by atoms with van der Waals surface area (Å²) in [4.78, 5) is 15.9. The molecule has 22 heavy (non-hydrogen) atoms. The van der Waals surface area contributed by atoms with Gasteiger partial charge >= 0.3 is 6.03 Å². The van der Waals surface area contributed by atoms with Gasteiger partial charge in [0.1, 0.15) is 6.33 Å². The van der Waals surface area contributed by atoms with E-state index in [-0.39, 0.29) is 6.03 Å². The molecule has 0 unspecified atom stereocenters. The number of hydrogen-bond donors (Lipinski definition) is 4. The fourth-order valence-corrected chi connectivity index (χ4v) is 2.42. The van der Waals surface area contributed by atoms with E-state index in [0.29, 0.717) is 18.9 Å². The first-order valence-electron chi connectivity index (χ1n) is 7.33. The topological polar surface area (TPSA) is 103 Å². The molecule has 7 heteroatoms. The lowest BCUT2D eigenvalue weighted by molar-refractivity contribution is -0.0290. The molecule has 0 saturated heterocycles. The Labute approximate surface area is 128 Å². The lowest BCUT2D eigenvalue weighted by Crippen LogP contribution is -2.49. The van der Waals surface area contributed by atoms with Crippen LogP contribution in [-0.4, -0.2) is 38.5 Å². The number of hydrogen-bond acceptors (Lipinski definition) is 4. The van der Waals surface area contributed by atoms with E-state index < -0.39 is 5.60 Å². The van der Waals surface area contributed by atoms with E-state index in [1.807, 2.05) is 24.3 Å². The van der Waals surface area contributed by atoms with Crippen molar-refractivity contribution in [2.24, 2.45) is 0 Å². The number of urea groups is 1. The number of H-pyrrole nitrogens is 1. The number of amides is 2. The molecule has 0 atom stereocenters. The third-order valence-electron chi connectivity index (χ3n) is 3.93. The van der Waals surface area contributed by atoms with Crippen LogP contribution in [0.5, 0.6) is 0 Å². The molecular weight excluding hydrogens is 282 g/mol. The number of aromatic amines is 1. The molecule has 4 N–H and O–H groups in total. The van der Waals surface area contributed by atoms with E-state index in [4.69, 9.17) is 0 Å². The molecule has 2 amide bonds. The number of aliphatic hydroxyl groups is 1. The zero-order valence-corrected chi connectivity index (χ0v) is 12.2. The van der Waals surface area contributed by atoms with Crippen LogP contribution in [-0.2, 0) is 6.54 Å². The first-order chi connectivity index (χ1) is 10.6. The SMILES string of the molecule is O=C(NCc1cccc(-c2ncn[nH]2)c1)NCC1(O)CCC1. The normalized spacial score (nSPS) is 15.9. The summed E-state index contributed by atoms with van der Waals surface area (Å²) in [7, 11) is 0. The van der Waals surface area contributed by atoms with Crippen LogP contribution in [0, 0.1) is 0 Å². The molecule has 1 saturated carbocycles. The van der Waals surface area contributed by atoms with Crippen molar-refractivity contribution in [2.45, 2.75) is 31.4 Å². The maximum atomic E-state index is 11.8. The van der Waals surface area contributed by atoms with Crippen LogP contribution < -0.4 is 10.6 Å². The van der Waals surface area contributed by atoms with Gasteiger partial charge in [-0.2, -0.15) is 5.10 Å². The molecule has 3 rings (SSSR count). The summed E-state index contributed by atoms with van der Waals surface area (Å²) in [6, 6.07) is 7.44. The molecule has 1 fully saturated rings. The Kier molecular flexibility index (Phi) is 4.06. The van der Waals surface area contributed by atoms with Gasteiger partial charge in [0.05, 0.1) is 5.60 Å². The van der Waals surface area contributed by atoms with E-state index >= 15 is 0 Å². The molecule has 1 aromatic carbocycles. The number of nitrogens with one attached hydrogen (secondary N) is 3. The lowest BCUT2D eigenvalue weighted by Gasteiger charge is -2.36. The number of rotatable bonds is 5. The van der Waals surface area contributed by atoms with Gasteiger partial charge in [-0.25, -0.2) is 9.78 Å². The minimum atomic E-state index is -0.705. The van der Waals surface area contributed by atoms with Crippen molar-refractivity contribution >= 4 is 6.03 Å². The number of benzene rings is 1. The first kappa shape index (κ1) is 14.5. The number of carbonyl (C=O) groups is 1. The van der Waals surface area contributed by atoms with E-state index in [0.717, 1.165) is 30.4 Å². The Morgan fingerprint density at radius 2 is 2.23 bits per heavy atom. The summed E-state index contributed by atoms with van der Waals surface area (Å²) >= 11 is 0. The summed E-state index contributed by atoms with van der Waals surface area (Å²) in [5.41, 5.74) is 1.18. The van der Waals surface area contributed by atoms with Crippen molar-refractivity contribution < 1.29 is 9.90 Å². The summed E-state index contributed by atoms with van der Waals surface area (Å²) in [5, 5.41) is 22.1.